The highest BCUT2D eigenvalue weighted by Crippen LogP contribution is 2.22. The molecule has 0 spiro atoms. The summed E-state index contributed by atoms with van der Waals surface area (Å²) in [6.07, 6.45) is 0.810. The van der Waals surface area contributed by atoms with Gasteiger partial charge in [0.2, 0.25) is 0 Å². The first-order chi connectivity index (χ1) is 8.47. The molecule has 0 saturated carbocycles. The first kappa shape index (κ1) is 13.1. The fourth-order valence-electron chi connectivity index (χ4n) is 2.13. The maximum atomic E-state index is 6.09. The number of nitrogens with two attached hydrogens (primary N) is 1. The van der Waals surface area contributed by atoms with Gasteiger partial charge in [0.05, 0.1) is 11.4 Å². The molecule has 1 atom stereocenters. The normalized spacial score (nSPS) is 12.7. The van der Waals surface area contributed by atoms with Crippen LogP contribution in [0.4, 0.5) is 0 Å². The van der Waals surface area contributed by atoms with E-state index >= 15 is 0 Å². The molecule has 18 heavy (non-hydrogen) atoms. The SMILES string of the molecule is Cc1cc(C)n(-c2cc(Cl)ccc2CC(C)N)n1. The molecule has 0 fully saturated rings. The van der Waals surface area contributed by atoms with Gasteiger partial charge in [0.15, 0.2) is 0 Å². The summed E-state index contributed by atoms with van der Waals surface area (Å²) in [5.74, 6) is 0. The number of hydrogen-bond acceptors (Lipinski definition) is 2. The van der Waals surface area contributed by atoms with Crippen molar-refractivity contribution < 1.29 is 0 Å². The lowest BCUT2D eigenvalue weighted by Crippen LogP contribution is -2.19. The van der Waals surface area contributed by atoms with Crippen molar-refractivity contribution in [3.05, 3.63) is 46.2 Å². The van der Waals surface area contributed by atoms with E-state index in [9.17, 15) is 0 Å². The summed E-state index contributed by atoms with van der Waals surface area (Å²) in [6, 6.07) is 8.03. The van der Waals surface area contributed by atoms with Crippen LogP contribution in [0.1, 0.15) is 23.9 Å². The van der Waals surface area contributed by atoms with Crippen LogP contribution in [0.2, 0.25) is 5.02 Å². The van der Waals surface area contributed by atoms with Gasteiger partial charge >= 0.3 is 0 Å². The van der Waals surface area contributed by atoms with Gasteiger partial charge in [-0.1, -0.05) is 17.7 Å². The van der Waals surface area contributed by atoms with Crippen molar-refractivity contribution >= 4 is 11.6 Å². The largest absolute Gasteiger partial charge is 0.328 e. The van der Waals surface area contributed by atoms with Crippen molar-refractivity contribution in [1.29, 1.82) is 0 Å². The van der Waals surface area contributed by atoms with Crippen molar-refractivity contribution in [1.82, 2.24) is 9.78 Å². The Morgan fingerprint density at radius 2 is 2.06 bits per heavy atom. The smallest absolute Gasteiger partial charge is 0.0696 e. The van der Waals surface area contributed by atoms with Gasteiger partial charge in [0, 0.05) is 16.8 Å². The molecule has 3 nitrogen and oxygen atoms in total. The highest BCUT2D eigenvalue weighted by atomic mass is 35.5. The molecule has 0 aliphatic rings. The number of aromatic nitrogens is 2. The Kier molecular flexibility index (Phi) is 3.73. The molecule has 4 heteroatoms. The molecular weight excluding hydrogens is 246 g/mol. The summed E-state index contributed by atoms with van der Waals surface area (Å²) in [6.45, 7) is 6.02. The van der Waals surface area contributed by atoms with Crippen LogP contribution >= 0.6 is 11.6 Å². The monoisotopic (exact) mass is 263 g/mol. The lowest BCUT2D eigenvalue weighted by Gasteiger charge is -2.13. The van der Waals surface area contributed by atoms with Crippen LogP contribution in [0.3, 0.4) is 0 Å². The number of halogens is 1. The maximum absolute atomic E-state index is 6.09. The van der Waals surface area contributed by atoms with E-state index in [0.29, 0.717) is 5.02 Å². The third-order valence-corrected chi connectivity index (χ3v) is 3.06. The Balaban J connectivity index is 2.54. The van der Waals surface area contributed by atoms with Crippen molar-refractivity contribution in [2.45, 2.75) is 33.2 Å². The van der Waals surface area contributed by atoms with Crippen molar-refractivity contribution in [3.63, 3.8) is 0 Å². The molecule has 0 bridgehead atoms. The minimum absolute atomic E-state index is 0.113. The molecule has 0 aliphatic carbocycles. The zero-order chi connectivity index (χ0) is 13.3. The van der Waals surface area contributed by atoms with Gasteiger partial charge < -0.3 is 5.73 Å². The highest BCUT2D eigenvalue weighted by molar-refractivity contribution is 6.30. The lowest BCUT2D eigenvalue weighted by molar-refractivity contribution is 0.724. The topological polar surface area (TPSA) is 43.8 Å². The standard InChI is InChI=1S/C14H18ClN3/c1-9(16)6-12-4-5-13(15)8-14(12)18-11(3)7-10(2)17-18/h4-5,7-9H,6,16H2,1-3H3. The molecule has 2 aromatic rings. The van der Waals surface area contributed by atoms with E-state index in [0.717, 1.165) is 23.5 Å². The van der Waals surface area contributed by atoms with E-state index in [1.807, 2.05) is 43.7 Å². The van der Waals surface area contributed by atoms with Gasteiger partial charge in [-0.15, -0.1) is 0 Å². The Morgan fingerprint density at radius 1 is 1.33 bits per heavy atom. The average molecular weight is 264 g/mol. The predicted octanol–water partition coefficient (Wildman–Crippen LogP) is 3.03. The second kappa shape index (κ2) is 5.12. The third-order valence-electron chi connectivity index (χ3n) is 2.83. The average Bonchev–Trinajstić information content (AvgIpc) is 2.60. The molecule has 1 aromatic heterocycles. The van der Waals surface area contributed by atoms with Crippen molar-refractivity contribution in [2.75, 3.05) is 0 Å². The van der Waals surface area contributed by atoms with E-state index in [2.05, 4.69) is 11.2 Å². The second-order valence-electron chi connectivity index (χ2n) is 4.79. The van der Waals surface area contributed by atoms with E-state index in [-0.39, 0.29) is 6.04 Å². The van der Waals surface area contributed by atoms with Crippen LogP contribution in [0, 0.1) is 13.8 Å². The fourth-order valence-corrected chi connectivity index (χ4v) is 2.29. The van der Waals surface area contributed by atoms with E-state index < -0.39 is 0 Å². The van der Waals surface area contributed by atoms with Crippen molar-refractivity contribution in [2.24, 2.45) is 5.73 Å². The lowest BCUT2D eigenvalue weighted by atomic mass is 10.1. The first-order valence-electron chi connectivity index (χ1n) is 6.05. The van der Waals surface area contributed by atoms with Crippen LogP contribution < -0.4 is 5.73 Å². The Bertz CT molecular complexity index is 558. The van der Waals surface area contributed by atoms with Crippen LogP contribution in [0.15, 0.2) is 24.3 Å². The summed E-state index contributed by atoms with van der Waals surface area (Å²) in [4.78, 5) is 0. The van der Waals surface area contributed by atoms with Gasteiger partial charge in [-0.2, -0.15) is 5.10 Å². The van der Waals surface area contributed by atoms with Crippen LogP contribution in [-0.2, 0) is 6.42 Å². The minimum Gasteiger partial charge on any atom is -0.328 e. The Hall–Kier alpha value is -1.32. The van der Waals surface area contributed by atoms with Gasteiger partial charge in [-0.3, -0.25) is 0 Å². The third kappa shape index (κ3) is 2.74. The molecule has 1 aromatic carbocycles. The first-order valence-corrected chi connectivity index (χ1v) is 6.43. The fraction of sp³-hybridized carbons (Fsp3) is 0.357. The van der Waals surface area contributed by atoms with E-state index in [4.69, 9.17) is 17.3 Å². The molecule has 0 aliphatic heterocycles. The number of aryl methyl sites for hydroxylation is 2. The van der Waals surface area contributed by atoms with Gasteiger partial charge in [0.1, 0.15) is 0 Å². The van der Waals surface area contributed by atoms with Gasteiger partial charge in [-0.25, -0.2) is 4.68 Å². The number of nitrogens with zero attached hydrogens (tertiary/aromatic N) is 2. The molecule has 96 valence electrons. The molecule has 0 radical (unpaired) electrons. The highest BCUT2D eigenvalue weighted by Gasteiger charge is 2.11. The molecule has 2 N–H and O–H groups in total. The Morgan fingerprint density at radius 3 is 2.61 bits per heavy atom. The van der Waals surface area contributed by atoms with Crippen LogP contribution in [0.25, 0.3) is 5.69 Å². The molecule has 0 saturated heterocycles. The van der Waals surface area contributed by atoms with Gasteiger partial charge in [0.25, 0.3) is 0 Å². The van der Waals surface area contributed by atoms with Crippen LogP contribution in [0.5, 0.6) is 0 Å². The molecule has 2 rings (SSSR count). The second-order valence-corrected chi connectivity index (χ2v) is 5.23. The molecule has 0 amide bonds. The quantitative estimate of drug-likeness (QED) is 0.925. The van der Waals surface area contributed by atoms with Crippen LogP contribution in [-0.4, -0.2) is 15.8 Å². The summed E-state index contributed by atoms with van der Waals surface area (Å²) in [7, 11) is 0. The molecule has 1 heterocycles. The summed E-state index contributed by atoms with van der Waals surface area (Å²) in [5.41, 5.74) is 10.2. The minimum atomic E-state index is 0.113. The molecule has 1 unspecified atom stereocenters. The number of benzene rings is 1. The van der Waals surface area contributed by atoms with Gasteiger partial charge in [-0.05, 0) is 51.0 Å². The zero-order valence-electron chi connectivity index (χ0n) is 10.9. The van der Waals surface area contributed by atoms with Crippen molar-refractivity contribution in [3.8, 4) is 5.69 Å². The number of rotatable bonds is 3. The summed E-state index contributed by atoms with van der Waals surface area (Å²) >= 11 is 6.09. The van der Waals surface area contributed by atoms with E-state index in [1.165, 1.54) is 5.56 Å². The maximum Gasteiger partial charge on any atom is 0.0696 e. The number of hydrogen-bond donors (Lipinski definition) is 1. The zero-order valence-corrected chi connectivity index (χ0v) is 11.7. The Labute approximate surface area is 113 Å². The summed E-state index contributed by atoms with van der Waals surface area (Å²) < 4.78 is 1.93. The predicted molar refractivity (Wildman–Crippen MR) is 75.4 cm³/mol. The summed E-state index contributed by atoms with van der Waals surface area (Å²) in [5, 5.41) is 5.22. The van der Waals surface area contributed by atoms with E-state index in [1.54, 1.807) is 0 Å². The molecular formula is C14H18ClN3.